The minimum absolute atomic E-state index is 0.126. The number of hydrogen-bond donors (Lipinski definition) is 2. The van der Waals surface area contributed by atoms with E-state index in [0.717, 1.165) is 11.3 Å². The third-order valence-corrected chi connectivity index (χ3v) is 5.69. The van der Waals surface area contributed by atoms with Crippen molar-refractivity contribution in [1.29, 1.82) is 0 Å². The van der Waals surface area contributed by atoms with Gasteiger partial charge in [0.1, 0.15) is 0 Å². The van der Waals surface area contributed by atoms with E-state index >= 15 is 0 Å². The summed E-state index contributed by atoms with van der Waals surface area (Å²) >= 11 is 1.55. The Bertz CT molecular complexity index is 811. The monoisotopic (exact) mass is 386 g/mol. The van der Waals surface area contributed by atoms with E-state index in [1.54, 1.807) is 30.0 Å². The molecule has 2 aromatic rings. The number of nitrogens with one attached hydrogen (secondary N) is 2. The fourth-order valence-corrected chi connectivity index (χ4v) is 3.79. The van der Waals surface area contributed by atoms with Crippen LogP contribution in [0, 0.1) is 5.92 Å². The van der Waals surface area contributed by atoms with E-state index in [4.69, 9.17) is 9.47 Å². The summed E-state index contributed by atoms with van der Waals surface area (Å²) in [4.78, 5) is 24.8. The number of benzene rings is 2. The summed E-state index contributed by atoms with van der Waals surface area (Å²) < 4.78 is 10.5. The Morgan fingerprint density at radius 3 is 2.52 bits per heavy atom. The molecule has 0 saturated heterocycles. The van der Waals surface area contributed by atoms with Crippen LogP contribution < -0.4 is 20.3 Å². The Morgan fingerprint density at radius 2 is 1.78 bits per heavy atom. The number of ether oxygens (including phenoxy) is 2. The fraction of sp³-hybridized carbons (Fsp3) is 0.300. The number of carbonyl (C=O) groups is 2. The van der Waals surface area contributed by atoms with Gasteiger partial charge in [-0.3, -0.25) is 20.4 Å². The summed E-state index contributed by atoms with van der Waals surface area (Å²) in [5.41, 5.74) is 6.55. The molecule has 0 radical (unpaired) electrons. The SMILES string of the molecule is CC(C)C(SCc1ccccc1)C(=O)NNC(=O)c1ccc2c(c1)OCO2. The molecule has 6 nitrogen and oxygen atoms in total. The number of hydrogen-bond acceptors (Lipinski definition) is 5. The molecule has 1 aliphatic rings. The van der Waals surface area contributed by atoms with E-state index in [1.807, 2.05) is 44.2 Å². The van der Waals surface area contributed by atoms with E-state index in [-0.39, 0.29) is 23.9 Å². The Kier molecular flexibility index (Phi) is 6.24. The molecular weight excluding hydrogens is 364 g/mol. The zero-order chi connectivity index (χ0) is 19.2. The van der Waals surface area contributed by atoms with Crippen molar-refractivity contribution in [1.82, 2.24) is 10.9 Å². The second-order valence-electron chi connectivity index (χ2n) is 6.47. The summed E-state index contributed by atoms with van der Waals surface area (Å²) in [7, 11) is 0. The number of fused-ring (bicyclic) bond motifs is 1. The van der Waals surface area contributed by atoms with Crippen molar-refractivity contribution in [3.05, 3.63) is 59.7 Å². The minimum atomic E-state index is -0.405. The molecular formula is C20H22N2O4S. The third-order valence-electron chi connectivity index (χ3n) is 4.07. The van der Waals surface area contributed by atoms with Gasteiger partial charge in [-0.1, -0.05) is 44.2 Å². The maximum atomic E-state index is 12.5. The molecule has 0 fully saturated rings. The smallest absolute Gasteiger partial charge is 0.269 e. The van der Waals surface area contributed by atoms with Crippen LogP contribution in [0.25, 0.3) is 0 Å². The van der Waals surface area contributed by atoms with Gasteiger partial charge in [0.05, 0.1) is 5.25 Å². The first kappa shape index (κ1) is 19.1. The van der Waals surface area contributed by atoms with Crippen LogP contribution in [-0.2, 0) is 10.5 Å². The number of thioether (sulfide) groups is 1. The van der Waals surface area contributed by atoms with Gasteiger partial charge < -0.3 is 9.47 Å². The molecule has 2 N–H and O–H groups in total. The fourth-order valence-electron chi connectivity index (χ4n) is 2.63. The summed E-state index contributed by atoms with van der Waals surface area (Å²) in [6.07, 6.45) is 0. The van der Waals surface area contributed by atoms with Crippen molar-refractivity contribution in [3.8, 4) is 11.5 Å². The summed E-state index contributed by atoms with van der Waals surface area (Å²) in [5, 5.41) is -0.276. The van der Waals surface area contributed by atoms with Crippen LogP contribution in [0.2, 0.25) is 0 Å². The molecule has 1 unspecified atom stereocenters. The first-order valence-corrected chi connectivity index (χ1v) is 9.75. The molecule has 2 aromatic carbocycles. The molecule has 142 valence electrons. The molecule has 0 spiro atoms. The summed E-state index contributed by atoms with van der Waals surface area (Å²) in [5.74, 6) is 1.35. The van der Waals surface area contributed by atoms with Gasteiger partial charge in [-0.25, -0.2) is 0 Å². The molecule has 0 aromatic heterocycles. The van der Waals surface area contributed by atoms with Gasteiger partial charge in [-0.15, -0.1) is 11.8 Å². The van der Waals surface area contributed by atoms with Gasteiger partial charge in [-0.05, 0) is 29.7 Å². The van der Waals surface area contributed by atoms with Crippen LogP contribution in [0.3, 0.4) is 0 Å². The number of rotatable bonds is 6. The topological polar surface area (TPSA) is 76.7 Å². The molecule has 1 atom stereocenters. The maximum Gasteiger partial charge on any atom is 0.269 e. The largest absolute Gasteiger partial charge is 0.454 e. The van der Waals surface area contributed by atoms with Gasteiger partial charge in [0, 0.05) is 11.3 Å². The van der Waals surface area contributed by atoms with Crippen LogP contribution in [0.4, 0.5) is 0 Å². The van der Waals surface area contributed by atoms with Crippen molar-refractivity contribution >= 4 is 23.6 Å². The lowest BCUT2D eigenvalue weighted by molar-refractivity contribution is -0.122. The van der Waals surface area contributed by atoms with Crippen molar-refractivity contribution in [2.75, 3.05) is 6.79 Å². The first-order valence-electron chi connectivity index (χ1n) is 8.70. The van der Waals surface area contributed by atoms with E-state index in [1.165, 1.54) is 0 Å². The standard InChI is InChI=1S/C20H22N2O4S/c1-13(2)18(27-11-14-6-4-3-5-7-14)20(24)22-21-19(23)15-8-9-16-17(10-15)26-12-25-16/h3-10,13,18H,11-12H2,1-2H3,(H,21,23)(H,22,24). The Hall–Kier alpha value is -2.67. The molecule has 1 heterocycles. The highest BCUT2D eigenvalue weighted by molar-refractivity contribution is 7.99. The van der Waals surface area contributed by atoms with Crippen molar-refractivity contribution in [2.45, 2.75) is 24.9 Å². The van der Waals surface area contributed by atoms with E-state index < -0.39 is 5.91 Å². The molecule has 27 heavy (non-hydrogen) atoms. The quantitative estimate of drug-likeness (QED) is 0.746. The summed E-state index contributed by atoms with van der Waals surface area (Å²) in [6.45, 7) is 4.12. The molecule has 7 heteroatoms. The number of carbonyl (C=O) groups excluding carboxylic acids is 2. The molecule has 0 saturated carbocycles. The van der Waals surface area contributed by atoms with Crippen molar-refractivity contribution < 1.29 is 19.1 Å². The van der Waals surface area contributed by atoms with E-state index in [0.29, 0.717) is 17.1 Å². The third kappa shape index (κ3) is 4.95. The molecule has 0 aliphatic carbocycles. The van der Waals surface area contributed by atoms with Crippen LogP contribution in [0.1, 0.15) is 29.8 Å². The second kappa shape index (κ2) is 8.81. The molecule has 3 rings (SSSR count). The average Bonchev–Trinajstić information content (AvgIpc) is 3.14. The average molecular weight is 386 g/mol. The molecule has 2 amide bonds. The van der Waals surface area contributed by atoms with Gasteiger partial charge in [-0.2, -0.15) is 0 Å². The summed E-state index contributed by atoms with van der Waals surface area (Å²) in [6, 6.07) is 14.9. The lowest BCUT2D eigenvalue weighted by Crippen LogP contribution is -2.46. The van der Waals surface area contributed by atoms with Gasteiger partial charge >= 0.3 is 0 Å². The van der Waals surface area contributed by atoms with E-state index in [2.05, 4.69) is 10.9 Å². The second-order valence-corrected chi connectivity index (χ2v) is 7.60. The highest BCUT2D eigenvalue weighted by Crippen LogP contribution is 2.32. The van der Waals surface area contributed by atoms with Crippen LogP contribution in [0.5, 0.6) is 11.5 Å². The highest BCUT2D eigenvalue weighted by Gasteiger charge is 2.23. The van der Waals surface area contributed by atoms with Crippen LogP contribution in [-0.4, -0.2) is 23.9 Å². The Labute approximate surface area is 162 Å². The van der Waals surface area contributed by atoms with Crippen LogP contribution >= 0.6 is 11.8 Å². The predicted molar refractivity (Wildman–Crippen MR) is 105 cm³/mol. The maximum absolute atomic E-state index is 12.5. The van der Waals surface area contributed by atoms with Crippen molar-refractivity contribution in [2.24, 2.45) is 5.92 Å². The normalized spacial score (nSPS) is 13.3. The van der Waals surface area contributed by atoms with Crippen molar-refractivity contribution in [3.63, 3.8) is 0 Å². The van der Waals surface area contributed by atoms with Gasteiger partial charge in [0.15, 0.2) is 11.5 Å². The Morgan fingerprint density at radius 1 is 1.04 bits per heavy atom. The zero-order valence-electron chi connectivity index (χ0n) is 15.2. The van der Waals surface area contributed by atoms with Gasteiger partial charge in [0.2, 0.25) is 6.79 Å². The predicted octanol–water partition coefficient (Wildman–Crippen LogP) is 3.13. The highest BCUT2D eigenvalue weighted by atomic mass is 32.2. The molecule has 1 aliphatic heterocycles. The van der Waals surface area contributed by atoms with E-state index in [9.17, 15) is 9.59 Å². The lowest BCUT2D eigenvalue weighted by atomic mass is 10.1. The number of amides is 2. The van der Waals surface area contributed by atoms with Gasteiger partial charge in [0.25, 0.3) is 11.8 Å². The minimum Gasteiger partial charge on any atom is -0.454 e. The zero-order valence-corrected chi connectivity index (χ0v) is 16.0. The number of hydrazine groups is 1. The Balaban J connectivity index is 1.55. The molecule has 0 bridgehead atoms. The lowest BCUT2D eigenvalue weighted by Gasteiger charge is -2.20. The first-order chi connectivity index (χ1) is 13.0. The van der Waals surface area contributed by atoms with Crippen LogP contribution in [0.15, 0.2) is 48.5 Å².